The first-order valence-electron chi connectivity index (χ1n) is 21.7. The van der Waals surface area contributed by atoms with E-state index in [1.807, 2.05) is 24.0 Å². The van der Waals surface area contributed by atoms with Gasteiger partial charge in [0.15, 0.2) is 0 Å². The molecular weight excluding hydrogens is 758 g/mol. The van der Waals surface area contributed by atoms with E-state index in [-0.39, 0.29) is 68.2 Å². The van der Waals surface area contributed by atoms with Crippen molar-refractivity contribution in [2.75, 3.05) is 33.0 Å². The second-order valence-electron chi connectivity index (χ2n) is 16.5. The highest BCUT2D eigenvalue weighted by Crippen LogP contribution is 2.62. The average Bonchev–Trinajstić information content (AvgIpc) is 4.10. The van der Waals surface area contributed by atoms with Gasteiger partial charge in [-0.2, -0.15) is 0 Å². The number of amides is 2. The zero-order chi connectivity index (χ0) is 41.4. The first-order valence-corrected chi connectivity index (χ1v) is 21.7. The molecule has 7 rings (SSSR count). The fraction of sp³-hybridized carbons (Fsp3) is 0.587. The summed E-state index contributed by atoms with van der Waals surface area (Å²) in [7, 11) is 0. The molecule has 59 heavy (non-hydrogen) atoms. The zero-order valence-corrected chi connectivity index (χ0v) is 34.2. The number of carbonyl (C=O) groups excluding carboxylic acids is 2. The van der Waals surface area contributed by atoms with Crippen LogP contribution in [0.2, 0.25) is 0 Å². The predicted molar refractivity (Wildman–Crippen MR) is 219 cm³/mol. The minimum absolute atomic E-state index is 0.00431. The predicted octanol–water partition coefficient (Wildman–Crippen LogP) is 7.53. The Bertz CT molecular complexity index is 1830. The topological polar surface area (TPSA) is 148 Å². The molecule has 5 aliphatic rings. The van der Waals surface area contributed by atoms with E-state index < -0.39 is 30.1 Å². The van der Waals surface area contributed by atoms with Crippen LogP contribution in [0.25, 0.3) is 0 Å². The minimum atomic E-state index is -1.45. The van der Waals surface area contributed by atoms with E-state index in [1.165, 1.54) is 12.1 Å². The molecule has 12 nitrogen and oxygen atoms in total. The Hall–Kier alpha value is -4.30. The van der Waals surface area contributed by atoms with E-state index in [0.717, 1.165) is 68.1 Å². The first-order chi connectivity index (χ1) is 28.8. The molecule has 0 bridgehead atoms. The van der Waals surface area contributed by atoms with Crippen LogP contribution >= 0.6 is 0 Å². The smallest absolute Gasteiger partial charge is 0.412 e. The van der Waals surface area contributed by atoms with Gasteiger partial charge in [0.1, 0.15) is 23.4 Å². The van der Waals surface area contributed by atoms with Crippen LogP contribution in [0.3, 0.4) is 0 Å². The standard InChI is InChI=1S/C46H60FN3O9/c1-3-24-56-46-40(50(44(53)31-16-17-31)29-30-14-18-33(47)19-15-30)28-38(49-59-41-13-7-10-25-55-41)36-26-32(11-5-8-22-51)35(12-6-9-23-52)42(43(36)46)37-27-34(20-21-39(37)58-46)57-45(54)48-4-2/h3,14-15,18-21,26-27,31-32,35,40-43,51-52H,1,4-13,16-17,22-25,28-29H2,2H3,(H,48,54)/t32-,35+,40-,41?,42+,43+,46+/m0/s1. The average molecular weight is 818 g/mol. The lowest BCUT2D eigenvalue weighted by atomic mass is 9.55. The number of fused-ring (bicyclic) bond motifs is 2. The summed E-state index contributed by atoms with van der Waals surface area (Å²) in [4.78, 5) is 35.6. The number of aliphatic hydroxyl groups is 2. The molecule has 3 aliphatic carbocycles. The van der Waals surface area contributed by atoms with Crippen LogP contribution < -0.4 is 14.8 Å². The number of rotatable bonds is 19. The summed E-state index contributed by atoms with van der Waals surface area (Å²) in [5.74, 6) is -1.88. The summed E-state index contributed by atoms with van der Waals surface area (Å²) < 4.78 is 40.4. The molecule has 2 aromatic rings. The van der Waals surface area contributed by atoms with E-state index in [4.69, 9.17) is 28.9 Å². The van der Waals surface area contributed by atoms with Gasteiger partial charge < -0.3 is 44.2 Å². The Morgan fingerprint density at radius 1 is 1.05 bits per heavy atom. The van der Waals surface area contributed by atoms with Gasteiger partial charge in [0.05, 0.1) is 24.8 Å². The Morgan fingerprint density at radius 3 is 2.53 bits per heavy atom. The number of carbonyl (C=O) groups is 2. The highest BCUT2D eigenvalue weighted by Gasteiger charge is 2.66. The maximum atomic E-state index is 14.7. The Kier molecular flexibility index (Phi) is 14.4. The summed E-state index contributed by atoms with van der Waals surface area (Å²) in [6.45, 7) is 7.29. The van der Waals surface area contributed by atoms with E-state index in [1.54, 1.807) is 24.3 Å². The number of allylic oxidation sites excluding steroid dienone is 1. The van der Waals surface area contributed by atoms with Crippen LogP contribution in [0.15, 0.2) is 71.9 Å². The summed E-state index contributed by atoms with van der Waals surface area (Å²) in [6, 6.07) is 10.9. The SMILES string of the molecule is C=CCO[C@@]12Oc3ccc(OC(=O)NCC)cc3[C@H]3[C@H](CCCCO)[C@@H](CCCCO)C=C(C(=NOC4CCCCO4)C[C@@H]1N(Cc1ccc(F)cc1)C(=O)C1CC1)[C@H]32. The lowest BCUT2D eigenvalue weighted by Gasteiger charge is -2.60. The van der Waals surface area contributed by atoms with Crippen molar-refractivity contribution in [3.05, 3.63) is 83.7 Å². The van der Waals surface area contributed by atoms with Gasteiger partial charge in [-0.25, -0.2) is 9.18 Å². The van der Waals surface area contributed by atoms with Crippen molar-refractivity contribution in [2.45, 2.75) is 115 Å². The van der Waals surface area contributed by atoms with Gasteiger partial charge in [0.2, 0.25) is 18.0 Å². The lowest BCUT2D eigenvalue weighted by Crippen LogP contribution is -2.70. The molecule has 2 aliphatic heterocycles. The minimum Gasteiger partial charge on any atom is -0.459 e. The van der Waals surface area contributed by atoms with E-state index in [9.17, 15) is 24.2 Å². The van der Waals surface area contributed by atoms with Crippen molar-refractivity contribution in [3.8, 4) is 11.5 Å². The quantitative estimate of drug-likeness (QED) is 0.0744. The third-order valence-corrected chi connectivity index (χ3v) is 12.4. The van der Waals surface area contributed by atoms with Gasteiger partial charge in [-0.3, -0.25) is 4.79 Å². The van der Waals surface area contributed by atoms with Crippen LogP contribution in [-0.4, -0.2) is 83.9 Å². The molecule has 1 unspecified atom stereocenters. The maximum Gasteiger partial charge on any atom is 0.412 e. The number of benzene rings is 2. The number of nitrogens with one attached hydrogen (secondary N) is 1. The first kappa shape index (κ1) is 42.8. The molecule has 320 valence electrons. The Balaban J connectivity index is 1.44. The summed E-state index contributed by atoms with van der Waals surface area (Å²) in [6.07, 6.45) is 11.7. The monoisotopic (exact) mass is 817 g/mol. The molecule has 0 spiro atoms. The number of nitrogens with zero attached hydrogens (tertiary/aromatic N) is 2. The largest absolute Gasteiger partial charge is 0.459 e. The van der Waals surface area contributed by atoms with Gasteiger partial charge in [0.25, 0.3) is 0 Å². The van der Waals surface area contributed by atoms with Crippen LogP contribution in [0.4, 0.5) is 9.18 Å². The van der Waals surface area contributed by atoms with Crippen LogP contribution in [-0.2, 0) is 25.7 Å². The summed E-state index contributed by atoms with van der Waals surface area (Å²) in [5, 5.41) is 27.4. The van der Waals surface area contributed by atoms with Crippen molar-refractivity contribution in [2.24, 2.45) is 28.8 Å². The molecule has 0 aromatic heterocycles. The molecule has 2 amide bonds. The van der Waals surface area contributed by atoms with Gasteiger partial charge in [0, 0.05) is 56.5 Å². The van der Waals surface area contributed by atoms with Gasteiger partial charge in [-0.05, 0) is 112 Å². The number of hydrogen-bond acceptors (Lipinski definition) is 10. The normalized spacial score (nSPS) is 27.7. The van der Waals surface area contributed by atoms with Crippen LogP contribution in [0.5, 0.6) is 11.5 Å². The van der Waals surface area contributed by atoms with E-state index in [0.29, 0.717) is 49.6 Å². The maximum absolute atomic E-state index is 14.7. The molecule has 2 heterocycles. The molecule has 1 saturated heterocycles. The number of oxime groups is 1. The van der Waals surface area contributed by atoms with Crippen molar-refractivity contribution in [1.82, 2.24) is 10.2 Å². The Morgan fingerprint density at radius 2 is 1.83 bits per heavy atom. The highest BCUT2D eigenvalue weighted by molar-refractivity contribution is 6.03. The zero-order valence-electron chi connectivity index (χ0n) is 34.2. The molecule has 0 radical (unpaired) electrons. The molecule has 7 atom stereocenters. The third kappa shape index (κ3) is 9.69. The molecule has 3 N–H and O–H groups in total. The van der Waals surface area contributed by atoms with Gasteiger partial charge >= 0.3 is 6.09 Å². The van der Waals surface area contributed by atoms with Gasteiger partial charge in [-0.1, -0.05) is 42.3 Å². The fourth-order valence-electron chi connectivity index (χ4n) is 9.61. The van der Waals surface area contributed by atoms with Crippen molar-refractivity contribution < 1.29 is 48.0 Å². The van der Waals surface area contributed by atoms with Crippen LogP contribution in [0.1, 0.15) is 101 Å². The molecule has 2 aromatic carbocycles. The van der Waals surface area contributed by atoms with Crippen molar-refractivity contribution in [3.63, 3.8) is 0 Å². The molecule has 2 saturated carbocycles. The van der Waals surface area contributed by atoms with Crippen LogP contribution in [0, 0.1) is 29.5 Å². The number of ether oxygens (including phenoxy) is 4. The molecule has 13 heteroatoms. The Labute approximate surface area is 346 Å². The van der Waals surface area contributed by atoms with E-state index in [2.05, 4.69) is 18.0 Å². The number of aliphatic hydroxyl groups excluding tert-OH is 2. The van der Waals surface area contributed by atoms with E-state index >= 15 is 0 Å². The summed E-state index contributed by atoms with van der Waals surface area (Å²) in [5.41, 5.74) is 3.18. The second kappa shape index (κ2) is 19.8. The number of hydrogen-bond donors (Lipinski definition) is 3. The lowest BCUT2D eigenvalue weighted by molar-refractivity contribution is -0.258. The molecular formula is C46H60FN3O9. The second-order valence-corrected chi connectivity index (χ2v) is 16.5. The highest BCUT2D eigenvalue weighted by atomic mass is 19.1. The van der Waals surface area contributed by atoms with Crippen molar-refractivity contribution >= 4 is 17.7 Å². The fourth-order valence-corrected chi connectivity index (χ4v) is 9.61. The number of halogens is 1. The molecule has 3 fully saturated rings. The number of unbranched alkanes of at least 4 members (excludes halogenated alkanes) is 2. The summed E-state index contributed by atoms with van der Waals surface area (Å²) >= 11 is 0. The van der Waals surface area contributed by atoms with Crippen molar-refractivity contribution in [1.29, 1.82) is 0 Å². The van der Waals surface area contributed by atoms with Gasteiger partial charge in [-0.15, -0.1) is 6.58 Å². The third-order valence-electron chi connectivity index (χ3n) is 12.4.